The van der Waals surface area contributed by atoms with Crippen LogP contribution in [0.3, 0.4) is 0 Å². The molecule has 0 saturated carbocycles. The van der Waals surface area contributed by atoms with Gasteiger partial charge in [-0.2, -0.15) is 0 Å². The van der Waals surface area contributed by atoms with Gasteiger partial charge < -0.3 is 11.1 Å². The van der Waals surface area contributed by atoms with E-state index in [0.717, 1.165) is 19.5 Å². The highest BCUT2D eigenvalue weighted by molar-refractivity contribution is 4.62. The van der Waals surface area contributed by atoms with E-state index < -0.39 is 0 Å². The van der Waals surface area contributed by atoms with E-state index in [1.54, 1.807) is 0 Å². The van der Waals surface area contributed by atoms with Crippen molar-refractivity contribution in [2.75, 3.05) is 13.1 Å². The van der Waals surface area contributed by atoms with Crippen molar-refractivity contribution in [3.8, 4) is 0 Å². The molecular formula is C8H20N2. The zero-order valence-corrected chi connectivity index (χ0v) is 7.19. The molecule has 0 radical (unpaired) electrons. The Kier molecular flexibility index (Phi) is 6.98. The lowest BCUT2D eigenvalue weighted by Crippen LogP contribution is -2.33. The zero-order valence-electron chi connectivity index (χ0n) is 7.19. The molecule has 62 valence electrons. The molecule has 0 bridgehead atoms. The highest BCUT2D eigenvalue weighted by atomic mass is 14.9. The second-order valence-corrected chi connectivity index (χ2v) is 2.75. The van der Waals surface area contributed by atoms with Gasteiger partial charge in [0, 0.05) is 12.6 Å². The Hall–Kier alpha value is -0.0800. The fourth-order valence-electron chi connectivity index (χ4n) is 0.937. The third-order valence-corrected chi connectivity index (χ3v) is 1.49. The van der Waals surface area contributed by atoms with E-state index in [2.05, 4.69) is 19.2 Å². The van der Waals surface area contributed by atoms with Crippen LogP contribution in [0.5, 0.6) is 0 Å². The Morgan fingerprint density at radius 2 is 2.00 bits per heavy atom. The Morgan fingerprint density at radius 3 is 2.50 bits per heavy atom. The lowest BCUT2D eigenvalue weighted by molar-refractivity contribution is 0.538. The number of nitrogens with one attached hydrogen (secondary N) is 1. The quantitative estimate of drug-likeness (QED) is 0.548. The van der Waals surface area contributed by atoms with Gasteiger partial charge in [-0.3, -0.25) is 0 Å². The van der Waals surface area contributed by atoms with E-state index in [9.17, 15) is 0 Å². The Morgan fingerprint density at radius 1 is 1.30 bits per heavy atom. The molecule has 0 rings (SSSR count). The van der Waals surface area contributed by atoms with Crippen LogP contribution in [-0.4, -0.2) is 19.1 Å². The monoisotopic (exact) mass is 144 g/mol. The van der Waals surface area contributed by atoms with Gasteiger partial charge in [-0.1, -0.05) is 20.3 Å². The Balaban J connectivity index is 2.97. The first-order valence-electron chi connectivity index (χ1n) is 4.27. The minimum Gasteiger partial charge on any atom is -0.327 e. The maximum absolute atomic E-state index is 5.76. The van der Waals surface area contributed by atoms with Crippen molar-refractivity contribution in [2.24, 2.45) is 5.73 Å². The molecule has 10 heavy (non-hydrogen) atoms. The van der Waals surface area contributed by atoms with Gasteiger partial charge in [0.25, 0.3) is 0 Å². The fourth-order valence-corrected chi connectivity index (χ4v) is 0.937. The summed E-state index contributed by atoms with van der Waals surface area (Å²) in [5.74, 6) is 0. The summed E-state index contributed by atoms with van der Waals surface area (Å²) in [5, 5.41) is 3.29. The molecule has 0 amide bonds. The van der Waals surface area contributed by atoms with Crippen LogP contribution in [0.15, 0.2) is 0 Å². The molecule has 0 unspecified atom stereocenters. The highest BCUT2D eigenvalue weighted by Gasteiger charge is 1.97. The second kappa shape index (κ2) is 7.03. The molecular weight excluding hydrogens is 124 g/mol. The van der Waals surface area contributed by atoms with Gasteiger partial charge in [-0.15, -0.1) is 0 Å². The van der Waals surface area contributed by atoms with Gasteiger partial charge in [0.1, 0.15) is 0 Å². The van der Waals surface area contributed by atoms with E-state index >= 15 is 0 Å². The standard InChI is InChI=1S/C8H20N2/c1-3-5-8(9)7-10-6-4-2/h8,10H,3-7,9H2,1-2H3/t8-/m1/s1. The molecule has 3 N–H and O–H groups in total. The van der Waals surface area contributed by atoms with Crippen molar-refractivity contribution in [2.45, 2.75) is 39.2 Å². The molecule has 0 aromatic rings. The first-order chi connectivity index (χ1) is 4.81. The summed E-state index contributed by atoms with van der Waals surface area (Å²) in [6.07, 6.45) is 3.52. The normalized spacial score (nSPS) is 13.5. The summed E-state index contributed by atoms with van der Waals surface area (Å²) < 4.78 is 0. The fraction of sp³-hybridized carbons (Fsp3) is 1.00. The first-order valence-corrected chi connectivity index (χ1v) is 4.27. The largest absolute Gasteiger partial charge is 0.327 e. The van der Waals surface area contributed by atoms with Crippen LogP contribution in [-0.2, 0) is 0 Å². The number of hydrogen-bond acceptors (Lipinski definition) is 2. The molecule has 2 nitrogen and oxygen atoms in total. The molecule has 0 aliphatic rings. The summed E-state index contributed by atoms with van der Waals surface area (Å²) in [4.78, 5) is 0. The van der Waals surface area contributed by atoms with Crippen LogP contribution in [0, 0.1) is 0 Å². The van der Waals surface area contributed by atoms with Crippen molar-refractivity contribution in [1.29, 1.82) is 0 Å². The van der Waals surface area contributed by atoms with E-state index in [-0.39, 0.29) is 0 Å². The highest BCUT2D eigenvalue weighted by Crippen LogP contribution is 1.90. The molecule has 0 aliphatic heterocycles. The van der Waals surface area contributed by atoms with Gasteiger partial charge in [-0.05, 0) is 19.4 Å². The van der Waals surface area contributed by atoms with Gasteiger partial charge in [0.2, 0.25) is 0 Å². The average molecular weight is 144 g/mol. The van der Waals surface area contributed by atoms with E-state index in [1.807, 2.05) is 0 Å². The van der Waals surface area contributed by atoms with Crippen LogP contribution < -0.4 is 11.1 Å². The van der Waals surface area contributed by atoms with Crippen LogP contribution in [0.2, 0.25) is 0 Å². The predicted octanol–water partition coefficient (Wildman–Crippen LogP) is 1.11. The molecule has 1 atom stereocenters. The zero-order chi connectivity index (χ0) is 7.82. The molecule has 0 spiro atoms. The molecule has 0 aliphatic carbocycles. The van der Waals surface area contributed by atoms with E-state index in [4.69, 9.17) is 5.73 Å². The number of nitrogens with two attached hydrogens (primary N) is 1. The smallest absolute Gasteiger partial charge is 0.0165 e. The summed E-state index contributed by atoms with van der Waals surface area (Å²) in [5.41, 5.74) is 5.76. The van der Waals surface area contributed by atoms with Crippen molar-refractivity contribution in [1.82, 2.24) is 5.32 Å². The lowest BCUT2D eigenvalue weighted by Gasteiger charge is -2.10. The summed E-state index contributed by atoms with van der Waals surface area (Å²) >= 11 is 0. The molecule has 0 aromatic carbocycles. The summed E-state index contributed by atoms with van der Waals surface area (Å²) in [6, 6.07) is 0.358. The molecule has 0 heterocycles. The third kappa shape index (κ3) is 6.05. The van der Waals surface area contributed by atoms with E-state index in [1.165, 1.54) is 12.8 Å². The number of hydrogen-bond donors (Lipinski definition) is 2. The van der Waals surface area contributed by atoms with Crippen molar-refractivity contribution in [3.63, 3.8) is 0 Å². The van der Waals surface area contributed by atoms with Crippen LogP contribution in [0.4, 0.5) is 0 Å². The molecule has 2 heteroatoms. The third-order valence-electron chi connectivity index (χ3n) is 1.49. The average Bonchev–Trinajstić information content (AvgIpc) is 1.89. The topological polar surface area (TPSA) is 38.0 Å². The van der Waals surface area contributed by atoms with Gasteiger partial charge >= 0.3 is 0 Å². The van der Waals surface area contributed by atoms with Crippen molar-refractivity contribution < 1.29 is 0 Å². The van der Waals surface area contributed by atoms with Gasteiger partial charge in [0.15, 0.2) is 0 Å². The SMILES string of the molecule is CCCNC[C@H](N)CCC. The Bertz CT molecular complexity index is 64.3. The van der Waals surface area contributed by atoms with Gasteiger partial charge in [-0.25, -0.2) is 0 Å². The summed E-state index contributed by atoms with van der Waals surface area (Å²) in [7, 11) is 0. The maximum Gasteiger partial charge on any atom is 0.0165 e. The van der Waals surface area contributed by atoms with Crippen LogP contribution in [0.25, 0.3) is 0 Å². The van der Waals surface area contributed by atoms with Crippen LogP contribution >= 0.6 is 0 Å². The maximum atomic E-state index is 5.76. The Labute approximate surface area is 64.2 Å². The molecule has 0 saturated heterocycles. The molecule has 0 aromatic heterocycles. The number of rotatable bonds is 6. The second-order valence-electron chi connectivity index (χ2n) is 2.75. The van der Waals surface area contributed by atoms with E-state index in [0.29, 0.717) is 6.04 Å². The molecule has 0 fully saturated rings. The van der Waals surface area contributed by atoms with Gasteiger partial charge in [0.05, 0.1) is 0 Å². The lowest BCUT2D eigenvalue weighted by atomic mass is 10.2. The van der Waals surface area contributed by atoms with Crippen molar-refractivity contribution >= 4 is 0 Å². The first kappa shape index (κ1) is 9.92. The van der Waals surface area contributed by atoms with Crippen molar-refractivity contribution in [3.05, 3.63) is 0 Å². The van der Waals surface area contributed by atoms with Crippen LogP contribution in [0.1, 0.15) is 33.1 Å². The summed E-state index contributed by atoms with van der Waals surface area (Å²) in [6.45, 7) is 6.40. The minimum atomic E-state index is 0.358. The predicted molar refractivity (Wildman–Crippen MR) is 46.0 cm³/mol. The minimum absolute atomic E-state index is 0.358.